The lowest BCUT2D eigenvalue weighted by Crippen LogP contribution is -2.32. The van der Waals surface area contributed by atoms with E-state index in [-0.39, 0.29) is 31.6 Å². The van der Waals surface area contributed by atoms with Crippen LogP contribution < -0.4 is 5.32 Å². The summed E-state index contributed by atoms with van der Waals surface area (Å²) in [4.78, 5) is 21.2. The van der Waals surface area contributed by atoms with Crippen LogP contribution in [-0.2, 0) is 19.1 Å². The quantitative estimate of drug-likeness (QED) is 0.619. The molecular formula is C8H13NO5. The van der Waals surface area contributed by atoms with Gasteiger partial charge in [0.1, 0.15) is 0 Å². The summed E-state index contributed by atoms with van der Waals surface area (Å²) in [5, 5.41) is 10.8. The maximum Gasteiger partial charge on any atom is 0.303 e. The molecule has 0 atom stereocenters. The molecule has 1 aliphatic rings. The van der Waals surface area contributed by atoms with Crippen LogP contribution in [0.3, 0.4) is 0 Å². The van der Waals surface area contributed by atoms with E-state index in [0.29, 0.717) is 13.2 Å². The van der Waals surface area contributed by atoms with E-state index in [0.717, 1.165) is 0 Å². The Morgan fingerprint density at radius 3 is 2.50 bits per heavy atom. The first-order valence-electron chi connectivity index (χ1n) is 4.40. The van der Waals surface area contributed by atoms with Crippen molar-refractivity contribution in [2.24, 2.45) is 0 Å². The molecule has 0 unspecified atom stereocenters. The summed E-state index contributed by atoms with van der Waals surface area (Å²) < 4.78 is 10.2. The number of hydrogen-bond donors (Lipinski definition) is 2. The van der Waals surface area contributed by atoms with Crippen molar-refractivity contribution < 1.29 is 24.2 Å². The van der Waals surface area contributed by atoms with Crippen LogP contribution >= 0.6 is 0 Å². The van der Waals surface area contributed by atoms with E-state index < -0.39 is 5.97 Å². The van der Waals surface area contributed by atoms with E-state index in [4.69, 9.17) is 14.6 Å². The Hall–Kier alpha value is -1.14. The van der Waals surface area contributed by atoms with Crippen molar-refractivity contribution in [3.8, 4) is 0 Å². The molecule has 1 fully saturated rings. The number of hydrogen-bond acceptors (Lipinski definition) is 4. The van der Waals surface area contributed by atoms with Gasteiger partial charge >= 0.3 is 5.97 Å². The van der Waals surface area contributed by atoms with Gasteiger partial charge in [0.2, 0.25) is 5.91 Å². The van der Waals surface area contributed by atoms with Gasteiger partial charge in [-0.15, -0.1) is 0 Å². The van der Waals surface area contributed by atoms with Gasteiger partial charge in [0, 0.05) is 6.42 Å². The van der Waals surface area contributed by atoms with Crippen molar-refractivity contribution in [2.75, 3.05) is 19.8 Å². The molecule has 0 aliphatic carbocycles. The van der Waals surface area contributed by atoms with Crippen LogP contribution in [0.4, 0.5) is 0 Å². The van der Waals surface area contributed by atoms with Crippen molar-refractivity contribution in [3.05, 3.63) is 0 Å². The van der Waals surface area contributed by atoms with Crippen molar-refractivity contribution in [1.82, 2.24) is 5.32 Å². The molecule has 1 aliphatic heterocycles. The third kappa shape index (κ3) is 4.20. The van der Waals surface area contributed by atoms with Crippen molar-refractivity contribution in [3.63, 3.8) is 0 Å². The zero-order valence-corrected chi connectivity index (χ0v) is 7.69. The maximum atomic E-state index is 11.0. The highest BCUT2D eigenvalue weighted by Gasteiger charge is 2.16. The molecule has 1 saturated heterocycles. The van der Waals surface area contributed by atoms with Crippen LogP contribution in [-0.4, -0.2) is 43.0 Å². The monoisotopic (exact) mass is 203 g/mol. The van der Waals surface area contributed by atoms with E-state index >= 15 is 0 Å². The van der Waals surface area contributed by atoms with Crippen molar-refractivity contribution in [2.45, 2.75) is 19.1 Å². The Labute approximate surface area is 81.2 Å². The third-order valence-corrected chi connectivity index (χ3v) is 1.72. The first-order chi connectivity index (χ1) is 6.68. The van der Waals surface area contributed by atoms with E-state index in [1.807, 2.05) is 0 Å². The fourth-order valence-electron chi connectivity index (χ4n) is 1.03. The van der Waals surface area contributed by atoms with Crippen LogP contribution in [0.1, 0.15) is 12.8 Å². The van der Waals surface area contributed by atoms with Gasteiger partial charge in [0.25, 0.3) is 0 Å². The second-order valence-electron chi connectivity index (χ2n) is 2.87. The lowest BCUT2D eigenvalue weighted by molar-refractivity contribution is -0.139. The normalized spacial score (nSPS) is 16.9. The summed E-state index contributed by atoms with van der Waals surface area (Å²) in [5.74, 6) is -1.28. The second-order valence-corrected chi connectivity index (χ2v) is 2.87. The molecule has 0 aromatic heterocycles. The Bertz CT molecular complexity index is 212. The van der Waals surface area contributed by atoms with E-state index in [2.05, 4.69) is 5.32 Å². The zero-order valence-electron chi connectivity index (χ0n) is 7.69. The fourth-order valence-corrected chi connectivity index (χ4v) is 1.03. The number of carbonyl (C=O) groups excluding carboxylic acids is 1. The molecular weight excluding hydrogens is 190 g/mol. The number of ether oxygens (including phenoxy) is 2. The lowest BCUT2D eigenvalue weighted by Gasteiger charge is -2.09. The lowest BCUT2D eigenvalue weighted by atomic mass is 10.3. The largest absolute Gasteiger partial charge is 0.481 e. The molecule has 0 aromatic carbocycles. The van der Waals surface area contributed by atoms with Gasteiger partial charge in [-0.1, -0.05) is 0 Å². The second kappa shape index (κ2) is 5.56. The van der Waals surface area contributed by atoms with E-state index in [9.17, 15) is 9.59 Å². The number of amides is 1. The molecule has 0 spiro atoms. The number of rotatable bonds is 5. The van der Waals surface area contributed by atoms with Crippen LogP contribution in [0.5, 0.6) is 0 Å². The molecule has 1 amide bonds. The van der Waals surface area contributed by atoms with Gasteiger partial charge in [0.15, 0.2) is 6.29 Å². The molecule has 0 saturated carbocycles. The van der Waals surface area contributed by atoms with Crippen LogP contribution in [0.25, 0.3) is 0 Å². The smallest absolute Gasteiger partial charge is 0.303 e. The Kier molecular flexibility index (Phi) is 4.34. The third-order valence-electron chi connectivity index (χ3n) is 1.72. The van der Waals surface area contributed by atoms with E-state index in [1.165, 1.54) is 0 Å². The van der Waals surface area contributed by atoms with Gasteiger partial charge in [-0.25, -0.2) is 0 Å². The molecule has 14 heavy (non-hydrogen) atoms. The first-order valence-corrected chi connectivity index (χ1v) is 4.40. The summed E-state index contributed by atoms with van der Waals surface area (Å²) in [6, 6.07) is 0. The first kappa shape index (κ1) is 10.9. The Morgan fingerprint density at radius 1 is 1.29 bits per heavy atom. The number of carboxylic acids is 1. The van der Waals surface area contributed by atoms with Gasteiger partial charge in [0.05, 0.1) is 26.2 Å². The van der Waals surface area contributed by atoms with E-state index in [1.54, 1.807) is 0 Å². The summed E-state index contributed by atoms with van der Waals surface area (Å²) in [6.07, 6.45) is -0.552. The minimum absolute atomic E-state index is 0.0119. The van der Waals surface area contributed by atoms with Gasteiger partial charge in [-0.3, -0.25) is 9.59 Å². The topological polar surface area (TPSA) is 84.9 Å². The molecule has 1 rings (SSSR count). The van der Waals surface area contributed by atoms with Gasteiger partial charge < -0.3 is 19.9 Å². The van der Waals surface area contributed by atoms with Crippen molar-refractivity contribution >= 4 is 11.9 Å². The summed E-state index contributed by atoms with van der Waals surface area (Å²) >= 11 is 0. The van der Waals surface area contributed by atoms with Gasteiger partial charge in [-0.05, 0) is 0 Å². The molecule has 0 aromatic rings. The summed E-state index contributed by atoms with van der Waals surface area (Å²) in [5.41, 5.74) is 0. The minimum Gasteiger partial charge on any atom is -0.481 e. The summed E-state index contributed by atoms with van der Waals surface area (Å²) in [6.45, 7) is 1.35. The number of aliphatic carboxylic acids is 1. The average Bonchev–Trinajstić information content (AvgIpc) is 2.63. The maximum absolute atomic E-state index is 11.0. The molecule has 2 N–H and O–H groups in total. The predicted octanol–water partition coefficient (Wildman–Crippen LogP) is -0.660. The highest BCUT2D eigenvalue weighted by Crippen LogP contribution is 2.01. The zero-order chi connectivity index (χ0) is 10.4. The summed E-state index contributed by atoms with van der Waals surface area (Å²) in [7, 11) is 0. The predicted molar refractivity (Wildman–Crippen MR) is 45.6 cm³/mol. The number of nitrogens with one attached hydrogen (secondary N) is 1. The minimum atomic E-state index is -0.978. The van der Waals surface area contributed by atoms with Gasteiger partial charge in [-0.2, -0.15) is 0 Å². The number of carboxylic acid groups (broad SMARTS) is 1. The molecule has 80 valence electrons. The average molecular weight is 203 g/mol. The molecule has 0 radical (unpaired) electrons. The van der Waals surface area contributed by atoms with Crippen molar-refractivity contribution in [1.29, 1.82) is 0 Å². The highest BCUT2D eigenvalue weighted by molar-refractivity contribution is 5.80. The molecule has 1 heterocycles. The molecule has 0 bridgehead atoms. The Balaban J connectivity index is 2.05. The fraction of sp³-hybridized carbons (Fsp3) is 0.750. The van der Waals surface area contributed by atoms with Crippen LogP contribution in [0, 0.1) is 0 Å². The molecule has 6 nitrogen and oxygen atoms in total. The number of carbonyl (C=O) groups is 2. The standard InChI is InChI=1S/C8H13NO5/c10-6(1-2-7(11)12)9-5-8-13-3-4-14-8/h8H,1-5H2,(H,9,10)(H,11,12). The Morgan fingerprint density at radius 2 is 1.93 bits per heavy atom. The highest BCUT2D eigenvalue weighted by atomic mass is 16.7. The van der Waals surface area contributed by atoms with Crippen LogP contribution in [0.2, 0.25) is 0 Å². The SMILES string of the molecule is O=C(O)CCC(=O)NCC1OCCO1. The molecule has 6 heteroatoms. The van der Waals surface area contributed by atoms with Crippen LogP contribution in [0.15, 0.2) is 0 Å².